The second-order valence-electron chi connectivity index (χ2n) is 5.27. The van der Waals surface area contributed by atoms with Crippen LogP contribution in [0, 0.1) is 5.92 Å². The maximum absolute atomic E-state index is 4.16. The Morgan fingerprint density at radius 3 is 2.42 bits per heavy atom. The summed E-state index contributed by atoms with van der Waals surface area (Å²) in [6.07, 6.45) is 5.33. The quantitative estimate of drug-likeness (QED) is 0.720. The lowest BCUT2D eigenvalue weighted by Gasteiger charge is -2.12. The van der Waals surface area contributed by atoms with E-state index in [1.54, 1.807) is 0 Å². The first kappa shape index (κ1) is 15.3. The van der Waals surface area contributed by atoms with Crippen LogP contribution in [0.25, 0.3) is 5.57 Å². The van der Waals surface area contributed by atoms with Crippen molar-refractivity contribution >= 4 is 5.57 Å². The minimum Gasteiger partial charge on any atom is -0.394 e. The third kappa shape index (κ3) is 5.17. The lowest BCUT2D eigenvalue weighted by atomic mass is 9.95. The molecule has 0 bridgehead atoms. The third-order valence-electron chi connectivity index (χ3n) is 2.99. The van der Waals surface area contributed by atoms with Gasteiger partial charge in [0, 0.05) is 7.05 Å². The topological polar surface area (TPSA) is 12.0 Å². The summed E-state index contributed by atoms with van der Waals surface area (Å²) in [5, 5.41) is 3.13. The smallest absolute Gasteiger partial charge is 0.00278 e. The molecule has 0 saturated heterocycles. The Morgan fingerprint density at radius 1 is 1.26 bits per heavy atom. The van der Waals surface area contributed by atoms with E-state index in [4.69, 9.17) is 0 Å². The van der Waals surface area contributed by atoms with Gasteiger partial charge in [0.25, 0.3) is 0 Å². The van der Waals surface area contributed by atoms with Gasteiger partial charge in [-0.05, 0) is 47.7 Å². The Balaban J connectivity index is 2.90. The van der Waals surface area contributed by atoms with Gasteiger partial charge in [-0.25, -0.2) is 0 Å². The van der Waals surface area contributed by atoms with Crippen LogP contribution in [0.15, 0.2) is 60.3 Å². The highest BCUT2D eigenvalue weighted by atomic mass is 14.8. The molecule has 0 fully saturated rings. The molecule has 0 spiro atoms. The summed E-state index contributed by atoms with van der Waals surface area (Å²) >= 11 is 0. The van der Waals surface area contributed by atoms with Crippen molar-refractivity contribution in [3.63, 3.8) is 0 Å². The number of nitrogens with one attached hydrogen (secondary N) is 1. The van der Waals surface area contributed by atoms with E-state index in [1.807, 2.05) is 25.2 Å². The summed E-state index contributed by atoms with van der Waals surface area (Å²) in [5.74, 6) is 0.646. The molecule has 0 aliphatic rings. The number of hydrogen-bond acceptors (Lipinski definition) is 1. The monoisotopic (exact) mass is 255 g/mol. The molecule has 0 atom stereocenters. The zero-order valence-corrected chi connectivity index (χ0v) is 12.5. The second kappa shape index (κ2) is 7.63. The Kier molecular flexibility index (Phi) is 6.14. The molecule has 1 aromatic rings. The van der Waals surface area contributed by atoms with E-state index in [9.17, 15) is 0 Å². The van der Waals surface area contributed by atoms with Crippen molar-refractivity contribution < 1.29 is 0 Å². The molecule has 0 aliphatic carbocycles. The van der Waals surface area contributed by atoms with Gasteiger partial charge in [0.15, 0.2) is 0 Å². The normalized spacial score (nSPS) is 12.7. The van der Waals surface area contributed by atoms with Crippen LogP contribution in [0.2, 0.25) is 0 Å². The molecule has 1 aromatic carbocycles. The molecule has 0 amide bonds. The molecule has 1 rings (SSSR count). The molecule has 0 unspecified atom stereocenters. The SMILES string of the molecule is C=C(/C=C(C)\C(=C/NC)CC(C)C)c1ccccc1. The molecular formula is C18H25N. The molecule has 0 saturated carbocycles. The van der Waals surface area contributed by atoms with Crippen molar-refractivity contribution in [1.82, 2.24) is 5.32 Å². The average Bonchev–Trinajstić information content (AvgIpc) is 2.38. The van der Waals surface area contributed by atoms with Gasteiger partial charge < -0.3 is 5.32 Å². The predicted molar refractivity (Wildman–Crippen MR) is 85.8 cm³/mol. The van der Waals surface area contributed by atoms with Crippen LogP contribution in [-0.2, 0) is 0 Å². The first-order valence-electron chi connectivity index (χ1n) is 6.84. The summed E-state index contributed by atoms with van der Waals surface area (Å²) < 4.78 is 0. The number of rotatable bonds is 6. The van der Waals surface area contributed by atoms with Crippen molar-refractivity contribution in [3.05, 3.63) is 65.9 Å². The standard InChI is InChI=1S/C18H25N/c1-14(2)11-18(13-19-5)16(4)12-15(3)17-9-7-6-8-10-17/h6-10,12-14,19H,3,11H2,1-2,4-5H3/b16-12-,18-13-. The van der Waals surface area contributed by atoms with Gasteiger partial charge in [0.1, 0.15) is 0 Å². The van der Waals surface area contributed by atoms with E-state index in [0.717, 1.165) is 12.0 Å². The van der Waals surface area contributed by atoms with E-state index in [2.05, 4.69) is 57.1 Å². The van der Waals surface area contributed by atoms with Crippen LogP contribution in [0.3, 0.4) is 0 Å². The summed E-state index contributed by atoms with van der Waals surface area (Å²) in [6.45, 7) is 10.8. The van der Waals surface area contributed by atoms with Crippen molar-refractivity contribution in [2.24, 2.45) is 5.92 Å². The van der Waals surface area contributed by atoms with Crippen molar-refractivity contribution in [2.45, 2.75) is 27.2 Å². The Bertz CT molecular complexity index is 464. The fourth-order valence-corrected chi connectivity index (χ4v) is 2.04. The molecule has 0 radical (unpaired) electrons. The molecule has 1 nitrogen and oxygen atoms in total. The van der Waals surface area contributed by atoms with Crippen molar-refractivity contribution in [3.8, 4) is 0 Å². The lowest BCUT2D eigenvalue weighted by molar-refractivity contribution is 0.643. The summed E-state index contributed by atoms with van der Waals surface area (Å²) in [5.41, 5.74) is 4.85. The van der Waals surface area contributed by atoms with Crippen LogP contribution in [0.4, 0.5) is 0 Å². The van der Waals surface area contributed by atoms with E-state index in [0.29, 0.717) is 5.92 Å². The zero-order valence-electron chi connectivity index (χ0n) is 12.5. The molecule has 19 heavy (non-hydrogen) atoms. The number of benzene rings is 1. The maximum atomic E-state index is 4.16. The van der Waals surface area contributed by atoms with Gasteiger partial charge in [-0.3, -0.25) is 0 Å². The molecule has 0 aliphatic heterocycles. The minimum atomic E-state index is 0.646. The Morgan fingerprint density at radius 2 is 1.89 bits per heavy atom. The molecule has 0 heterocycles. The largest absolute Gasteiger partial charge is 0.394 e. The molecule has 0 aromatic heterocycles. The molecule has 102 valence electrons. The second-order valence-corrected chi connectivity index (χ2v) is 5.27. The van der Waals surface area contributed by atoms with E-state index >= 15 is 0 Å². The molecule has 1 N–H and O–H groups in total. The van der Waals surface area contributed by atoms with E-state index in [-0.39, 0.29) is 0 Å². The molecule has 1 heteroatoms. The Labute approximate surface area is 117 Å². The average molecular weight is 255 g/mol. The first-order chi connectivity index (χ1) is 9.04. The number of hydrogen-bond donors (Lipinski definition) is 1. The van der Waals surface area contributed by atoms with Crippen LogP contribution >= 0.6 is 0 Å². The van der Waals surface area contributed by atoms with Gasteiger partial charge in [-0.2, -0.15) is 0 Å². The van der Waals surface area contributed by atoms with Gasteiger partial charge >= 0.3 is 0 Å². The molecular weight excluding hydrogens is 230 g/mol. The highest BCUT2D eigenvalue weighted by molar-refractivity contribution is 5.73. The minimum absolute atomic E-state index is 0.646. The van der Waals surface area contributed by atoms with Gasteiger partial charge in [0.2, 0.25) is 0 Å². The first-order valence-corrected chi connectivity index (χ1v) is 6.84. The third-order valence-corrected chi connectivity index (χ3v) is 2.99. The van der Waals surface area contributed by atoms with E-state index in [1.165, 1.54) is 16.7 Å². The zero-order chi connectivity index (χ0) is 14.3. The van der Waals surface area contributed by atoms with E-state index < -0.39 is 0 Å². The summed E-state index contributed by atoms with van der Waals surface area (Å²) in [6, 6.07) is 10.3. The highest BCUT2D eigenvalue weighted by Gasteiger charge is 2.04. The number of allylic oxidation sites excluding steroid dienone is 4. The maximum Gasteiger partial charge on any atom is 0.00278 e. The van der Waals surface area contributed by atoms with Crippen molar-refractivity contribution in [1.29, 1.82) is 0 Å². The van der Waals surface area contributed by atoms with Gasteiger partial charge in [0.05, 0.1) is 0 Å². The van der Waals surface area contributed by atoms with Crippen LogP contribution in [0.1, 0.15) is 32.8 Å². The highest BCUT2D eigenvalue weighted by Crippen LogP contribution is 2.22. The van der Waals surface area contributed by atoms with Crippen molar-refractivity contribution in [2.75, 3.05) is 7.05 Å². The predicted octanol–water partition coefficient (Wildman–Crippen LogP) is 4.80. The van der Waals surface area contributed by atoms with Gasteiger partial charge in [-0.15, -0.1) is 0 Å². The van der Waals surface area contributed by atoms with Crippen LogP contribution < -0.4 is 5.32 Å². The van der Waals surface area contributed by atoms with Gasteiger partial charge in [-0.1, -0.05) is 56.8 Å². The summed E-state index contributed by atoms with van der Waals surface area (Å²) in [7, 11) is 1.94. The fourth-order valence-electron chi connectivity index (χ4n) is 2.04. The fraction of sp³-hybridized carbons (Fsp3) is 0.333. The lowest BCUT2D eigenvalue weighted by Crippen LogP contribution is -2.01. The van der Waals surface area contributed by atoms with Crippen LogP contribution in [-0.4, -0.2) is 7.05 Å². The Hall–Kier alpha value is -1.76. The van der Waals surface area contributed by atoms with Crippen LogP contribution in [0.5, 0.6) is 0 Å². The summed E-state index contributed by atoms with van der Waals surface area (Å²) in [4.78, 5) is 0.